The number of carbonyl (C=O) groups is 4. The number of amides is 4. The zero-order valence-electron chi connectivity index (χ0n) is 32.5. The summed E-state index contributed by atoms with van der Waals surface area (Å²) in [5.74, 6) is -1.04. The number of piperidine rings is 2. The topological polar surface area (TPSA) is 158 Å². The van der Waals surface area contributed by atoms with Crippen molar-refractivity contribution in [3.8, 4) is 0 Å². The minimum absolute atomic E-state index is 0. The first-order valence-electron chi connectivity index (χ1n) is 18.5. The van der Waals surface area contributed by atoms with Crippen LogP contribution in [0, 0.1) is 0 Å². The number of likely N-dealkylation sites (tertiary alicyclic amines) is 2. The summed E-state index contributed by atoms with van der Waals surface area (Å²) in [5, 5.41) is 16.3. The number of carboxylic acids is 1. The second-order valence-electron chi connectivity index (χ2n) is 14.2. The molecule has 4 aromatic carbocycles. The zero-order valence-corrected chi connectivity index (χ0v) is 34.0. The van der Waals surface area contributed by atoms with E-state index in [-0.39, 0.29) is 59.6 Å². The molecule has 14 heteroatoms. The molecule has 0 aromatic heterocycles. The van der Waals surface area contributed by atoms with E-state index in [0.29, 0.717) is 66.9 Å². The second kappa shape index (κ2) is 22.4. The minimum Gasteiger partial charge on any atom is -0.870 e. The van der Waals surface area contributed by atoms with Crippen molar-refractivity contribution in [3.05, 3.63) is 130 Å². The molecule has 2 saturated heterocycles. The largest absolute Gasteiger partial charge is 1.00 e. The van der Waals surface area contributed by atoms with Gasteiger partial charge in [0.2, 0.25) is 0 Å². The summed E-state index contributed by atoms with van der Waals surface area (Å²) in [7, 11) is 1.41. The Bertz CT molecular complexity index is 1890. The number of ether oxygens (including phenoxy) is 1. The third kappa shape index (κ3) is 13.3. The summed E-state index contributed by atoms with van der Waals surface area (Å²) in [6.45, 7) is 2.41. The molecule has 6 rings (SSSR count). The van der Waals surface area contributed by atoms with Gasteiger partial charge in [-0.1, -0.05) is 83.9 Å². The van der Waals surface area contributed by atoms with Crippen molar-refractivity contribution in [1.29, 1.82) is 0 Å². The van der Waals surface area contributed by atoms with Gasteiger partial charge < -0.3 is 35.8 Å². The summed E-state index contributed by atoms with van der Waals surface area (Å²) < 4.78 is 4.84. The standard InChI is InChI=1S/C22H25ClN2O3.C21H23ClN2O3.Li.H2O/c1-28-20(26)12-14-22(17-6-3-2-4-7-17)13-5-15-25(16-22)21(27)24-19-10-8-18(23)9-11-19;22-17-7-9-18(10-8-17)23-20(27)24-14-4-12-21(15-24,13-11-19(25)26)16-5-2-1-3-6-16;;/h2-4,6-11H,5,12-16H2,1H3,(H,24,27);1-3,5-10H,4,11-15H2,(H,23,27)(H,25,26);;1H2/q;;+1;/p-1. The molecule has 4 N–H and O–H groups in total. The number of carbonyl (C=O) groups excluding carboxylic acids is 3. The van der Waals surface area contributed by atoms with Gasteiger partial charge in [0.05, 0.1) is 7.11 Å². The van der Waals surface area contributed by atoms with Gasteiger partial charge >= 0.3 is 42.9 Å². The summed E-state index contributed by atoms with van der Waals surface area (Å²) >= 11 is 11.8. The second-order valence-corrected chi connectivity index (χ2v) is 15.1. The number of nitrogens with zero attached hydrogens (tertiary/aromatic N) is 2. The first-order valence-corrected chi connectivity index (χ1v) is 19.3. The molecule has 0 radical (unpaired) electrons. The fourth-order valence-electron chi connectivity index (χ4n) is 7.62. The average molecular weight is 812 g/mol. The molecule has 0 bridgehead atoms. The van der Waals surface area contributed by atoms with E-state index >= 15 is 0 Å². The predicted molar refractivity (Wildman–Crippen MR) is 219 cm³/mol. The van der Waals surface area contributed by atoms with Crippen LogP contribution in [-0.2, 0) is 25.2 Å². The first-order chi connectivity index (χ1) is 26.5. The van der Waals surface area contributed by atoms with Crippen molar-refractivity contribution in [2.45, 2.75) is 62.2 Å². The third-order valence-electron chi connectivity index (χ3n) is 10.5. The molecule has 0 aliphatic carbocycles. The van der Waals surface area contributed by atoms with E-state index in [1.807, 2.05) is 53.4 Å². The molecule has 2 unspecified atom stereocenters. The summed E-state index contributed by atoms with van der Waals surface area (Å²) in [6, 6.07) is 33.8. The molecule has 2 aliphatic rings. The number of anilines is 2. The van der Waals surface area contributed by atoms with E-state index in [9.17, 15) is 24.3 Å². The van der Waals surface area contributed by atoms with Crippen molar-refractivity contribution >= 4 is 58.6 Å². The number of carboxylic acid groups (broad SMARTS) is 1. The molecular formula is C43H49Cl2LiN4O7. The van der Waals surface area contributed by atoms with Crippen LogP contribution < -0.4 is 29.5 Å². The quantitative estimate of drug-likeness (QED) is 0.123. The van der Waals surface area contributed by atoms with Gasteiger partial charge in [-0.2, -0.15) is 0 Å². The van der Waals surface area contributed by atoms with E-state index in [1.165, 1.54) is 7.11 Å². The number of methoxy groups -OCH3 is 1. The van der Waals surface area contributed by atoms with Crippen LogP contribution in [0.3, 0.4) is 0 Å². The zero-order chi connectivity index (χ0) is 39.3. The van der Waals surface area contributed by atoms with Crippen molar-refractivity contribution in [1.82, 2.24) is 9.80 Å². The molecule has 2 heterocycles. The van der Waals surface area contributed by atoms with Crippen molar-refractivity contribution in [3.63, 3.8) is 0 Å². The maximum Gasteiger partial charge on any atom is 1.00 e. The van der Waals surface area contributed by atoms with Gasteiger partial charge in [-0.3, -0.25) is 9.59 Å². The van der Waals surface area contributed by atoms with Gasteiger partial charge in [-0.05, 0) is 98.2 Å². The third-order valence-corrected chi connectivity index (χ3v) is 11.0. The number of benzene rings is 4. The molecule has 2 aliphatic heterocycles. The maximum absolute atomic E-state index is 12.9. The van der Waals surface area contributed by atoms with Crippen molar-refractivity contribution in [2.24, 2.45) is 0 Å². The Morgan fingerprint density at radius 2 is 1.04 bits per heavy atom. The molecule has 57 heavy (non-hydrogen) atoms. The van der Waals surface area contributed by atoms with Gasteiger partial charge in [0.15, 0.2) is 0 Å². The van der Waals surface area contributed by atoms with Crippen LogP contribution >= 0.6 is 23.2 Å². The average Bonchev–Trinajstić information content (AvgIpc) is 3.22. The molecule has 11 nitrogen and oxygen atoms in total. The number of hydrogen-bond donors (Lipinski definition) is 3. The van der Waals surface area contributed by atoms with Gasteiger partial charge in [0, 0.05) is 71.3 Å². The first kappa shape index (κ1) is 46.9. The van der Waals surface area contributed by atoms with E-state index in [1.54, 1.807) is 53.4 Å². The van der Waals surface area contributed by atoms with Crippen LogP contribution in [0.25, 0.3) is 0 Å². The van der Waals surface area contributed by atoms with Crippen LogP contribution in [0.2, 0.25) is 10.0 Å². The molecular weight excluding hydrogens is 762 g/mol. The number of urea groups is 2. The summed E-state index contributed by atoms with van der Waals surface area (Å²) in [5.41, 5.74) is 3.05. The molecule has 0 saturated carbocycles. The van der Waals surface area contributed by atoms with E-state index in [0.717, 1.165) is 36.8 Å². The van der Waals surface area contributed by atoms with Gasteiger partial charge in [0.25, 0.3) is 0 Å². The number of aliphatic carboxylic acids is 1. The molecule has 0 spiro atoms. The molecule has 298 valence electrons. The number of halogens is 2. The Morgan fingerprint density at radius 1 is 0.649 bits per heavy atom. The monoisotopic (exact) mass is 810 g/mol. The number of nitrogens with one attached hydrogen (secondary N) is 2. The Hall–Kier alpha value is -4.50. The van der Waals surface area contributed by atoms with Crippen molar-refractivity contribution < 1.29 is 53.4 Å². The Morgan fingerprint density at radius 3 is 1.40 bits per heavy atom. The van der Waals surface area contributed by atoms with Crippen LogP contribution in [0.15, 0.2) is 109 Å². The predicted octanol–water partition coefficient (Wildman–Crippen LogP) is 6.46. The fourth-order valence-corrected chi connectivity index (χ4v) is 7.87. The van der Waals surface area contributed by atoms with Crippen LogP contribution in [0.5, 0.6) is 0 Å². The number of rotatable bonds is 10. The number of esters is 1. The Kier molecular flexibility index (Phi) is 18.5. The Balaban J connectivity index is 0.000000295. The van der Waals surface area contributed by atoms with Crippen LogP contribution in [-0.4, -0.2) is 77.7 Å². The number of hydrogen-bond acceptors (Lipinski definition) is 6. The summed E-state index contributed by atoms with van der Waals surface area (Å²) in [4.78, 5) is 52.2. The van der Waals surface area contributed by atoms with Gasteiger partial charge in [-0.25, -0.2) is 9.59 Å². The molecule has 2 fully saturated rings. The molecule has 2 atom stereocenters. The van der Waals surface area contributed by atoms with E-state index in [4.69, 9.17) is 27.9 Å². The van der Waals surface area contributed by atoms with Gasteiger partial charge in [0.1, 0.15) is 0 Å². The van der Waals surface area contributed by atoms with E-state index in [2.05, 4.69) is 22.8 Å². The van der Waals surface area contributed by atoms with Crippen LogP contribution in [0.4, 0.5) is 21.0 Å². The smallest absolute Gasteiger partial charge is 0.870 e. The maximum atomic E-state index is 12.9. The Labute approximate surface area is 356 Å². The summed E-state index contributed by atoms with van der Waals surface area (Å²) in [6.07, 6.45) is 5.09. The molecule has 4 amide bonds. The van der Waals surface area contributed by atoms with Crippen LogP contribution in [0.1, 0.15) is 62.5 Å². The van der Waals surface area contributed by atoms with Crippen molar-refractivity contribution in [2.75, 3.05) is 43.9 Å². The minimum atomic E-state index is -0.812. The van der Waals surface area contributed by atoms with Gasteiger partial charge in [-0.15, -0.1) is 0 Å². The van der Waals surface area contributed by atoms with E-state index < -0.39 is 5.97 Å². The fraction of sp³-hybridized carbons (Fsp3) is 0.349. The SMILES string of the molecule is COC(=O)CCC1(c2ccccc2)CCCN(C(=O)Nc2ccc(Cl)cc2)C1.O=C(O)CCC1(c2ccccc2)CCCN(C(=O)Nc2ccc(Cl)cc2)C1.[Li+].[OH-]. The molecule has 4 aromatic rings. The normalized spacial score (nSPS) is 18.6.